The monoisotopic (exact) mass is 176 g/mol. The van der Waals surface area contributed by atoms with Gasteiger partial charge in [0.1, 0.15) is 6.73 Å². The van der Waals surface area contributed by atoms with Crippen molar-refractivity contribution < 1.29 is 20.2 Å². The molecule has 2 amide bonds. The maximum absolute atomic E-state index is 10.6. The van der Waals surface area contributed by atoms with E-state index in [4.69, 9.17) is 15.4 Å². The number of carbonyl (C=O) groups is 1. The molecule has 0 unspecified atom stereocenters. The van der Waals surface area contributed by atoms with Crippen molar-refractivity contribution in [2.75, 3.05) is 13.3 Å². The number of aliphatic hydroxyl groups excluding tert-OH is 2. The second kappa shape index (κ2) is 6.71. The Balaban J connectivity index is 3.60. The molecule has 0 spiro atoms. The van der Waals surface area contributed by atoms with Gasteiger partial charge in [-0.25, -0.2) is 9.79 Å². The molecule has 70 valence electrons. The van der Waals surface area contributed by atoms with E-state index in [-0.39, 0.29) is 11.7 Å². The van der Waals surface area contributed by atoms with Crippen LogP contribution in [0.1, 0.15) is 12.8 Å². The molecule has 0 bridgehead atoms. The van der Waals surface area contributed by atoms with Crippen molar-refractivity contribution in [3.63, 3.8) is 0 Å². The molecular formula is C6H12N2O4. The highest BCUT2D eigenvalue weighted by molar-refractivity contribution is 5.82. The zero-order chi connectivity index (χ0) is 9.40. The number of hydroxylamine groups is 2. The number of nitrogens with zero attached hydrogens (tertiary/aromatic N) is 2. The van der Waals surface area contributed by atoms with Crippen LogP contribution in [0.2, 0.25) is 0 Å². The Morgan fingerprint density at radius 3 is 2.67 bits per heavy atom. The minimum absolute atomic E-state index is 0.0308. The van der Waals surface area contributed by atoms with Crippen molar-refractivity contribution in [2.24, 2.45) is 4.99 Å². The van der Waals surface area contributed by atoms with E-state index in [1.165, 1.54) is 6.21 Å². The van der Waals surface area contributed by atoms with Crippen LogP contribution in [0.4, 0.5) is 4.79 Å². The predicted molar refractivity (Wildman–Crippen MR) is 40.9 cm³/mol. The van der Waals surface area contributed by atoms with E-state index in [2.05, 4.69) is 4.99 Å². The summed E-state index contributed by atoms with van der Waals surface area (Å²) in [4.78, 5) is 13.9. The topological polar surface area (TPSA) is 93.4 Å². The molecule has 6 heteroatoms. The first-order valence-corrected chi connectivity index (χ1v) is 3.47. The third-order valence-corrected chi connectivity index (χ3v) is 1.05. The summed E-state index contributed by atoms with van der Waals surface area (Å²) in [5.41, 5.74) is 0. The number of aliphatic hydroxyl groups is 2. The molecule has 0 atom stereocenters. The lowest BCUT2D eigenvalue weighted by atomic mass is 10.3. The predicted octanol–water partition coefficient (Wildman–Crippen LogP) is -0.409. The van der Waals surface area contributed by atoms with Crippen molar-refractivity contribution >= 4 is 12.2 Å². The zero-order valence-corrected chi connectivity index (χ0v) is 6.55. The Morgan fingerprint density at radius 2 is 2.17 bits per heavy atom. The number of rotatable bonds is 4. The molecular weight excluding hydrogens is 164 g/mol. The molecule has 0 aromatic heterocycles. The van der Waals surface area contributed by atoms with Crippen LogP contribution in [0.15, 0.2) is 4.99 Å². The lowest BCUT2D eigenvalue weighted by Crippen LogP contribution is -2.25. The van der Waals surface area contributed by atoms with Crippen LogP contribution in [0.3, 0.4) is 0 Å². The first kappa shape index (κ1) is 11.0. The fourth-order valence-electron chi connectivity index (χ4n) is 0.452. The molecule has 0 aliphatic heterocycles. The van der Waals surface area contributed by atoms with E-state index >= 15 is 0 Å². The van der Waals surface area contributed by atoms with Crippen molar-refractivity contribution in [1.29, 1.82) is 0 Å². The van der Waals surface area contributed by atoms with Gasteiger partial charge in [0, 0.05) is 12.8 Å². The van der Waals surface area contributed by atoms with Gasteiger partial charge in [0.2, 0.25) is 0 Å². The standard InChI is InChI=1S/C6H12N2O4/c9-4-2-1-3-7-6(11)8(12)5-10/h3,9-10,12H,1-2,4-5H2. The SMILES string of the molecule is O=C(N=CCCCO)N(O)CO. The second-order valence-corrected chi connectivity index (χ2v) is 2.00. The van der Waals surface area contributed by atoms with Crippen molar-refractivity contribution in [3.05, 3.63) is 0 Å². The molecule has 0 aromatic carbocycles. The summed E-state index contributed by atoms with van der Waals surface area (Å²) in [6.07, 6.45) is 2.25. The Hall–Kier alpha value is -0.980. The van der Waals surface area contributed by atoms with Crippen LogP contribution in [-0.2, 0) is 0 Å². The average molecular weight is 176 g/mol. The molecule has 6 nitrogen and oxygen atoms in total. The summed E-state index contributed by atoms with van der Waals surface area (Å²) >= 11 is 0. The van der Waals surface area contributed by atoms with Gasteiger partial charge in [-0.1, -0.05) is 0 Å². The van der Waals surface area contributed by atoms with Gasteiger partial charge in [-0.3, -0.25) is 5.21 Å². The van der Waals surface area contributed by atoms with E-state index in [1.54, 1.807) is 0 Å². The maximum Gasteiger partial charge on any atom is 0.369 e. The maximum atomic E-state index is 10.6. The van der Waals surface area contributed by atoms with Gasteiger partial charge >= 0.3 is 6.03 Å². The fraction of sp³-hybridized carbons (Fsp3) is 0.667. The van der Waals surface area contributed by atoms with Crippen molar-refractivity contribution in [1.82, 2.24) is 5.06 Å². The molecule has 0 rings (SSSR count). The smallest absolute Gasteiger partial charge is 0.369 e. The summed E-state index contributed by atoms with van der Waals surface area (Å²) in [5, 5.41) is 25.2. The van der Waals surface area contributed by atoms with Gasteiger partial charge in [-0.15, -0.1) is 0 Å². The number of hydrogen-bond donors (Lipinski definition) is 3. The largest absolute Gasteiger partial charge is 0.396 e. The molecule has 0 aliphatic carbocycles. The highest BCUT2D eigenvalue weighted by atomic mass is 16.5. The summed E-state index contributed by atoms with van der Waals surface area (Å²) in [5.74, 6) is 0. The number of urea groups is 1. The van der Waals surface area contributed by atoms with Crippen LogP contribution in [-0.4, -0.2) is 46.1 Å². The summed E-state index contributed by atoms with van der Waals surface area (Å²) in [7, 11) is 0. The first-order valence-electron chi connectivity index (χ1n) is 3.47. The van der Waals surface area contributed by atoms with Crippen LogP contribution in [0.25, 0.3) is 0 Å². The number of unbranched alkanes of at least 4 members (excludes halogenated alkanes) is 1. The Bertz CT molecular complexity index is 160. The molecule has 0 saturated carbocycles. The van der Waals surface area contributed by atoms with E-state index < -0.39 is 12.8 Å². The van der Waals surface area contributed by atoms with Crippen LogP contribution < -0.4 is 0 Å². The van der Waals surface area contributed by atoms with Gasteiger partial charge in [-0.2, -0.15) is 5.06 Å². The fourth-order valence-corrected chi connectivity index (χ4v) is 0.452. The van der Waals surface area contributed by atoms with E-state index in [1.807, 2.05) is 0 Å². The zero-order valence-electron chi connectivity index (χ0n) is 6.55. The minimum atomic E-state index is -0.921. The first-order chi connectivity index (χ1) is 5.72. The quantitative estimate of drug-likeness (QED) is 0.178. The van der Waals surface area contributed by atoms with Crippen molar-refractivity contribution in [2.45, 2.75) is 12.8 Å². The summed E-state index contributed by atoms with van der Waals surface area (Å²) in [6.45, 7) is -0.751. The number of hydrogen-bond acceptors (Lipinski definition) is 4. The van der Waals surface area contributed by atoms with Gasteiger partial charge < -0.3 is 10.2 Å². The third kappa shape index (κ3) is 4.78. The molecule has 12 heavy (non-hydrogen) atoms. The second-order valence-electron chi connectivity index (χ2n) is 2.00. The third-order valence-electron chi connectivity index (χ3n) is 1.05. The van der Waals surface area contributed by atoms with Crippen molar-refractivity contribution in [3.8, 4) is 0 Å². The highest BCUT2D eigenvalue weighted by Gasteiger charge is 2.04. The minimum Gasteiger partial charge on any atom is -0.396 e. The van der Waals surface area contributed by atoms with E-state index in [0.717, 1.165) is 0 Å². The molecule has 0 saturated heterocycles. The van der Waals surface area contributed by atoms with Crippen LogP contribution in [0, 0.1) is 0 Å². The Kier molecular flexibility index (Phi) is 6.16. The lowest BCUT2D eigenvalue weighted by molar-refractivity contribution is -0.0933. The molecule has 0 heterocycles. The van der Waals surface area contributed by atoms with Gasteiger partial charge in [0.05, 0.1) is 0 Å². The molecule has 0 aromatic rings. The van der Waals surface area contributed by atoms with Gasteiger partial charge in [-0.05, 0) is 12.8 Å². The Morgan fingerprint density at radius 1 is 1.50 bits per heavy atom. The lowest BCUT2D eigenvalue weighted by Gasteiger charge is -2.05. The molecule has 3 N–H and O–H groups in total. The van der Waals surface area contributed by atoms with E-state index in [9.17, 15) is 4.79 Å². The number of amides is 2. The Labute approximate surface area is 69.7 Å². The number of carbonyl (C=O) groups excluding carboxylic acids is 1. The van der Waals surface area contributed by atoms with E-state index in [0.29, 0.717) is 12.8 Å². The molecule has 0 fully saturated rings. The van der Waals surface area contributed by atoms with Crippen LogP contribution in [0.5, 0.6) is 0 Å². The summed E-state index contributed by atoms with van der Waals surface area (Å²) in [6, 6.07) is -0.921. The number of aliphatic imine (C=N–C) groups is 1. The summed E-state index contributed by atoms with van der Waals surface area (Å²) < 4.78 is 0. The molecule has 0 radical (unpaired) electrons. The molecule has 0 aliphatic rings. The highest BCUT2D eigenvalue weighted by Crippen LogP contribution is 1.88. The van der Waals surface area contributed by atoms with Gasteiger partial charge in [0.15, 0.2) is 0 Å². The average Bonchev–Trinajstić information content (AvgIpc) is 2.10. The van der Waals surface area contributed by atoms with Gasteiger partial charge in [0.25, 0.3) is 0 Å². The van der Waals surface area contributed by atoms with Crippen LogP contribution >= 0.6 is 0 Å². The normalized spacial score (nSPS) is 10.6.